The lowest BCUT2D eigenvalue weighted by Crippen LogP contribution is -2.17. The van der Waals surface area contributed by atoms with Gasteiger partial charge in [-0.25, -0.2) is 26.7 Å². The van der Waals surface area contributed by atoms with Gasteiger partial charge in [0, 0.05) is 23.4 Å². The van der Waals surface area contributed by atoms with Gasteiger partial charge >= 0.3 is 0 Å². The van der Waals surface area contributed by atoms with E-state index in [0.717, 1.165) is 18.2 Å². The highest BCUT2D eigenvalue weighted by Crippen LogP contribution is 2.23. The molecule has 0 heterocycles. The summed E-state index contributed by atoms with van der Waals surface area (Å²) in [7, 11) is -4.27. The highest BCUT2D eigenvalue weighted by molar-refractivity contribution is 7.89. The summed E-state index contributed by atoms with van der Waals surface area (Å²) < 4.78 is 61.9. The molecule has 128 valence electrons. The number of hydrogen-bond acceptors (Lipinski definition) is 5. The quantitative estimate of drug-likeness (QED) is 0.489. The first kappa shape index (κ1) is 17.7. The molecular formula is C13H10F3N3O4S. The average Bonchev–Trinajstić information content (AvgIpc) is 2.51. The van der Waals surface area contributed by atoms with E-state index in [9.17, 15) is 26.4 Å². The molecule has 0 fully saturated rings. The maximum absolute atomic E-state index is 13.1. The third kappa shape index (κ3) is 3.64. The van der Waals surface area contributed by atoms with Crippen molar-refractivity contribution in [3.8, 4) is 0 Å². The number of sulfonamides is 1. The Hall–Kier alpha value is -2.63. The highest BCUT2D eigenvalue weighted by Gasteiger charge is 2.18. The predicted octanol–water partition coefficient (Wildman–Crippen LogP) is 1.80. The van der Waals surface area contributed by atoms with Crippen molar-refractivity contribution in [3.05, 3.63) is 53.3 Å². The van der Waals surface area contributed by atoms with E-state index in [4.69, 9.17) is 10.3 Å². The number of carbonyl (C=O) groups is 1. The second-order valence-corrected chi connectivity index (χ2v) is 6.11. The van der Waals surface area contributed by atoms with Crippen molar-refractivity contribution in [2.24, 2.45) is 5.14 Å². The monoisotopic (exact) mass is 361 g/mol. The number of carbonyl (C=O) groups excluding carboxylic acids is 1. The number of hydrogen-bond donors (Lipinski definition) is 4. The van der Waals surface area contributed by atoms with Crippen LogP contribution in [0.5, 0.6) is 0 Å². The van der Waals surface area contributed by atoms with Gasteiger partial charge in [-0.1, -0.05) is 0 Å². The van der Waals surface area contributed by atoms with Crippen LogP contribution in [-0.2, 0) is 10.0 Å². The van der Waals surface area contributed by atoms with E-state index < -0.39 is 38.3 Å². The van der Waals surface area contributed by atoms with Crippen LogP contribution in [0.4, 0.5) is 24.5 Å². The lowest BCUT2D eigenvalue weighted by molar-refractivity contribution is 0.102. The van der Waals surface area contributed by atoms with E-state index in [1.165, 1.54) is 0 Å². The van der Waals surface area contributed by atoms with Crippen molar-refractivity contribution in [2.75, 3.05) is 10.8 Å². The van der Waals surface area contributed by atoms with Crippen LogP contribution >= 0.6 is 0 Å². The number of nitrogens with two attached hydrogens (primary N) is 1. The first-order chi connectivity index (χ1) is 11.1. The minimum absolute atomic E-state index is 0.233. The van der Waals surface area contributed by atoms with Gasteiger partial charge in [0.15, 0.2) is 17.5 Å². The fraction of sp³-hybridized carbons (Fsp3) is 0. The molecule has 0 saturated carbocycles. The van der Waals surface area contributed by atoms with Crippen molar-refractivity contribution < 1.29 is 31.6 Å². The van der Waals surface area contributed by atoms with Gasteiger partial charge in [0.05, 0.1) is 5.69 Å². The second kappa shape index (κ2) is 6.47. The summed E-state index contributed by atoms with van der Waals surface area (Å²) >= 11 is 0. The molecule has 0 saturated heterocycles. The van der Waals surface area contributed by atoms with Crippen molar-refractivity contribution in [3.63, 3.8) is 0 Å². The number of anilines is 2. The van der Waals surface area contributed by atoms with Gasteiger partial charge in [-0.3, -0.25) is 15.5 Å². The number of halogens is 3. The summed E-state index contributed by atoms with van der Waals surface area (Å²) in [6, 6.07) is 4.14. The molecule has 7 nitrogen and oxygen atoms in total. The number of nitrogens with one attached hydrogen (secondary N) is 2. The van der Waals surface area contributed by atoms with E-state index in [-0.39, 0.29) is 16.9 Å². The molecular weight excluding hydrogens is 351 g/mol. The van der Waals surface area contributed by atoms with E-state index in [0.29, 0.717) is 12.1 Å². The number of benzene rings is 2. The molecule has 0 atom stereocenters. The van der Waals surface area contributed by atoms with Crippen LogP contribution < -0.4 is 15.9 Å². The van der Waals surface area contributed by atoms with Crippen molar-refractivity contribution in [1.82, 2.24) is 0 Å². The summed E-state index contributed by atoms with van der Waals surface area (Å²) in [5.41, 5.74) is 0.727. The lowest BCUT2D eigenvalue weighted by Gasteiger charge is -2.10. The maximum atomic E-state index is 13.1. The molecule has 0 aliphatic rings. The number of primary sulfonamides is 1. The Morgan fingerprint density at radius 2 is 1.67 bits per heavy atom. The molecule has 0 radical (unpaired) electrons. The topological polar surface area (TPSA) is 122 Å². The van der Waals surface area contributed by atoms with Crippen molar-refractivity contribution in [2.45, 2.75) is 4.90 Å². The summed E-state index contributed by atoms with van der Waals surface area (Å²) in [6.07, 6.45) is 0. The smallest absolute Gasteiger partial charge is 0.255 e. The SMILES string of the molecule is NS(=O)(=O)c1cc(C(=O)Nc2cc(F)c(F)c(F)c2)ccc1NO. The van der Waals surface area contributed by atoms with Crippen LogP contribution in [-0.4, -0.2) is 19.5 Å². The van der Waals surface area contributed by atoms with Crippen LogP contribution in [0.25, 0.3) is 0 Å². The maximum Gasteiger partial charge on any atom is 0.255 e. The van der Waals surface area contributed by atoms with E-state index in [1.807, 2.05) is 0 Å². The molecule has 11 heteroatoms. The van der Waals surface area contributed by atoms with Crippen LogP contribution in [0.1, 0.15) is 10.4 Å². The van der Waals surface area contributed by atoms with Crippen LogP contribution in [0.2, 0.25) is 0 Å². The lowest BCUT2D eigenvalue weighted by atomic mass is 10.2. The van der Waals surface area contributed by atoms with Gasteiger partial charge in [0.1, 0.15) is 4.90 Å². The number of amides is 1. The zero-order valence-electron chi connectivity index (χ0n) is 11.7. The van der Waals surface area contributed by atoms with Gasteiger partial charge in [-0.05, 0) is 18.2 Å². The van der Waals surface area contributed by atoms with Crippen molar-refractivity contribution in [1.29, 1.82) is 0 Å². The van der Waals surface area contributed by atoms with Gasteiger partial charge in [0.2, 0.25) is 10.0 Å². The molecule has 0 aliphatic heterocycles. The molecule has 5 N–H and O–H groups in total. The first-order valence-corrected chi connectivity index (χ1v) is 7.71. The Kier molecular flexibility index (Phi) is 4.78. The van der Waals surface area contributed by atoms with Gasteiger partial charge < -0.3 is 5.32 Å². The Morgan fingerprint density at radius 1 is 1.08 bits per heavy atom. The minimum Gasteiger partial charge on any atom is -0.322 e. The van der Waals surface area contributed by atoms with Crippen LogP contribution in [0.15, 0.2) is 35.2 Å². The third-order valence-corrected chi connectivity index (χ3v) is 3.86. The predicted molar refractivity (Wildman–Crippen MR) is 77.5 cm³/mol. The molecule has 0 aromatic heterocycles. The van der Waals surface area contributed by atoms with E-state index in [2.05, 4.69) is 5.32 Å². The zero-order chi connectivity index (χ0) is 18.1. The fourth-order valence-electron chi connectivity index (χ4n) is 1.82. The third-order valence-electron chi connectivity index (χ3n) is 2.91. The standard InChI is InChI=1S/C13H10F3N3O4S/c14-8-4-7(5-9(15)12(8)16)18-13(20)6-1-2-10(19-21)11(3-6)24(17,22)23/h1-5,19,21H,(H,18,20)(H2,17,22,23). The van der Waals surface area contributed by atoms with Gasteiger partial charge in [0.25, 0.3) is 5.91 Å². The summed E-state index contributed by atoms with van der Waals surface area (Å²) in [5, 5.41) is 15.9. The molecule has 0 unspecified atom stereocenters. The Labute approximate surface area is 133 Å². The average molecular weight is 361 g/mol. The number of rotatable bonds is 4. The van der Waals surface area contributed by atoms with Crippen LogP contribution in [0.3, 0.4) is 0 Å². The normalized spacial score (nSPS) is 11.2. The Bertz CT molecular complexity index is 896. The second-order valence-electron chi connectivity index (χ2n) is 4.58. The highest BCUT2D eigenvalue weighted by atomic mass is 32.2. The minimum atomic E-state index is -4.27. The first-order valence-electron chi connectivity index (χ1n) is 6.16. The van der Waals surface area contributed by atoms with Gasteiger partial charge in [-0.15, -0.1) is 0 Å². The summed E-state index contributed by atoms with van der Waals surface area (Å²) in [6.45, 7) is 0. The summed E-state index contributed by atoms with van der Waals surface area (Å²) in [4.78, 5) is 11.5. The fourth-order valence-corrected chi connectivity index (χ4v) is 2.53. The molecule has 0 bridgehead atoms. The van der Waals surface area contributed by atoms with E-state index >= 15 is 0 Å². The Morgan fingerprint density at radius 3 is 2.17 bits per heavy atom. The van der Waals surface area contributed by atoms with Gasteiger partial charge in [-0.2, -0.15) is 0 Å². The van der Waals surface area contributed by atoms with Crippen molar-refractivity contribution >= 4 is 27.3 Å². The Balaban J connectivity index is 2.37. The van der Waals surface area contributed by atoms with E-state index in [1.54, 1.807) is 5.48 Å². The molecule has 2 aromatic carbocycles. The molecule has 2 aromatic rings. The van der Waals surface area contributed by atoms with Crippen LogP contribution in [0, 0.1) is 17.5 Å². The molecule has 2 rings (SSSR count). The largest absolute Gasteiger partial charge is 0.322 e. The summed E-state index contributed by atoms with van der Waals surface area (Å²) in [5.74, 6) is -5.64. The molecule has 0 spiro atoms. The molecule has 24 heavy (non-hydrogen) atoms. The molecule has 0 aliphatic carbocycles. The molecule has 1 amide bonds. The zero-order valence-corrected chi connectivity index (χ0v) is 12.5.